The summed E-state index contributed by atoms with van der Waals surface area (Å²) < 4.78 is 0. The van der Waals surface area contributed by atoms with Crippen molar-refractivity contribution in [3.05, 3.63) is 0 Å². The molecule has 2 nitrogen and oxygen atoms in total. The number of hydrogen-bond acceptors (Lipinski definition) is 2. The van der Waals surface area contributed by atoms with Crippen molar-refractivity contribution in [2.24, 2.45) is 10.8 Å². The van der Waals surface area contributed by atoms with Gasteiger partial charge >= 0.3 is 0 Å². The molecule has 17 heavy (non-hydrogen) atoms. The van der Waals surface area contributed by atoms with Crippen LogP contribution in [-0.2, 0) is 0 Å². The van der Waals surface area contributed by atoms with E-state index in [0.29, 0.717) is 0 Å². The van der Waals surface area contributed by atoms with Crippen molar-refractivity contribution < 1.29 is 10.2 Å². The summed E-state index contributed by atoms with van der Waals surface area (Å²) in [7, 11) is 0. The van der Waals surface area contributed by atoms with E-state index >= 15 is 0 Å². The Kier molecular flexibility index (Phi) is 8.06. The zero-order valence-corrected chi connectivity index (χ0v) is 12.3. The highest BCUT2D eigenvalue weighted by molar-refractivity contribution is 4.68. The number of hydrogen-bond donors (Lipinski definition) is 2. The molecule has 0 rings (SSSR count). The van der Waals surface area contributed by atoms with Gasteiger partial charge in [0.1, 0.15) is 0 Å². The lowest BCUT2D eigenvalue weighted by Crippen LogP contribution is -2.16. The summed E-state index contributed by atoms with van der Waals surface area (Å²) in [5.41, 5.74) is 0.192. The van der Waals surface area contributed by atoms with Gasteiger partial charge in [-0.25, -0.2) is 0 Å². The molecule has 0 saturated carbocycles. The highest BCUT2D eigenvalue weighted by Crippen LogP contribution is 2.25. The predicted octanol–water partition coefficient (Wildman–Crippen LogP) is 3.75. The van der Waals surface area contributed by atoms with Gasteiger partial charge in [0.15, 0.2) is 0 Å². The van der Waals surface area contributed by atoms with Crippen LogP contribution in [0.3, 0.4) is 0 Å². The second-order valence-electron chi connectivity index (χ2n) is 6.91. The van der Waals surface area contributed by atoms with Gasteiger partial charge in [-0.1, -0.05) is 59.8 Å². The number of unbranched alkanes of at least 4 members (excludes halogenated alkanes) is 4. The molecule has 0 heterocycles. The van der Waals surface area contributed by atoms with E-state index in [9.17, 15) is 0 Å². The van der Waals surface area contributed by atoms with Crippen LogP contribution in [0.15, 0.2) is 0 Å². The molecular weight excluding hydrogens is 212 g/mol. The fraction of sp³-hybridized carbons (Fsp3) is 1.00. The SMILES string of the molecule is CC(C)(CO)CCCCCCCC(C)(C)CO. The fourth-order valence-corrected chi connectivity index (χ4v) is 1.90. The Morgan fingerprint density at radius 1 is 0.588 bits per heavy atom. The minimum absolute atomic E-state index is 0.0961. The minimum Gasteiger partial charge on any atom is -0.396 e. The second kappa shape index (κ2) is 8.10. The van der Waals surface area contributed by atoms with E-state index in [1.54, 1.807) is 0 Å². The molecule has 0 atom stereocenters. The molecule has 2 N–H and O–H groups in total. The van der Waals surface area contributed by atoms with E-state index in [-0.39, 0.29) is 24.0 Å². The number of aliphatic hydroxyl groups excluding tert-OH is 2. The van der Waals surface area contributed by atoms with Crippen molar-refractivity contribution in [3.8, 4) is 0 Å². The first-order chi connectivity index (χ1) is 7.83. The van der Waals surface area contributed by atoms with E-state index < -0.39 is 0 Å². The van der Waals surface area contributed by atoms with E-state index in [2.05, 4.69) is 27.7 Å². The van der Waals surface area contributed by atoms with Gasteiger partial charge in [-0.2, -0.15) is 0 Å². The van der Waals surface area contributed by atoms with E-state index in [1.165, 1.54) is 32.1 Å². The highest BCUT2D eigenvalue weighted by atomic mass is 16.3. The van der Waals surface area contributed by atoms with Crippen molar-refractivity contribution in [1.29, 1.82) is 0 Å². The van der Waals surface area contributed by atoms with Crippen LogP contribution in [0.4, 0.5) is 0 Å². The second-order valence-corrected chi connectivity index (χ2v) is 6.91. The van der Waals surface area contributed by atoms with Crippen molar-refractivity contribution in [2.75, 3.05) is 13.2 Å². The normalized spacial score (nSPS) is 13.1. The summed E-state index contributed by atoms with van der Waals surface area (Å²) in [6.07, 6.45) is 8.49. The van der Waals surface area contributed by atoms with Crippen LogP contribution in [0.1, 0.15) is 72.6 Å². The molecule has 0 radical (unpaired) electrons. The summed E-state index contributed by atoms with van der Waals surface area (Å²) in [5, 5.41) is 18.3. The molecule has 104 valence electrons. The molecular formula is C15H32O2. The quantitative estimate of drug-likeness (QED) is 0.575. The van der Waals surface area contributed by atoms with Crippen LogP contribution in [0.25, 0.3) is 0 Å². The van der Waals surface area contributed by atoms with Crippen molar-refractivity contribution in [1.82, 2.24) is 0 Å². The third-order valence-corrected chi connectivity index (χ3v) is 3.56. The van der Waals surface area contributed by atoms with E-state index in [0.717, 1.165) is 12.8 Å². The smallest absolute Gasteiger partial charge is 0.0482 e. The summed E-state index contributed by atoms with van der Waals surface area (Å²) in [6.45, 7) is 9.07. The van der Waals surface area contributed by atoms with Crippen molar-refractivity contribution in [3.63, 3.8) is 0 Å². The summed E-state index contributed by atoms with van der Waals surface area (Å²) in [5.74, 6) is 0. The Morgan fingerprint density at radius 2 is 0.882 bits per heavy atom. The lowest BCUT2D eigenvalue weighted by atomic mass is 9.86. The maximum Gasteiger partial charge on any atom is 0.0482 e. The van der Waals surface area contributed by atoms with Crippen LogP contribution < -0.4 is 0 Å². The average molecular weight is 244 g/mol. The molecule has 0 aliphatic carbocycles. The van der Waals surface area contributed by atoms with E-state index in [1.807, 2.05) is 0 Å². The Morgan fingerprint density at radius 3 is 1.18 bits per heavy atom. The topological polar surface area (TPSA) is 40.5 Å². The molecule has 0 unspecified atom stereocenters. The lowest BCUT2D eigenvalue weighted by Gasteiger charge is -2.22. The molecule has 2 heteroatoms. The van der Waals surface area contributed by atoms with Crippen molar-refractivity contribution in [2.45, 2.75) is 72.6 Å². The molecule has 0 aromatic heterocycles. The van der Waals surface area contributed by atoms with Crippen molar-refractivity contribution >= 4 is 0 Å². The largest absolute Gasteiger partial charge is 0.396 e. The van der Waals surface area contributed by atoms with Gasteiger partial charge in [-0.15, -0.1) is 0 Å². The standard InChI is InChI=1S/C15H32O2/c1-14(2,12-16)10-8-6-5-7-9-11-15(3,4)13-17/h16-17H,5-13H2,1-4H3. The molecule has 0 spiro atoms. The van der Waals surface area contributed by atoms with Gasteiger partial charge in [-0.05, 0) is 23.7 Å². The third-order valence-electron chi connectivity index (χ3n) is 3.56. The van der Waals surface area contributed by atoms with Crippen LogP contribution >= 0.6 is 0 Å². The fourth-order valence-electron chi connectivity index (χ4n) is 1.90. The minimum atomic E-state index is 0.0961. The molecule has 0 aromatic carbocycles. The maximum atomic E-state index is 9.13. The van der Waals surface area contributed by atoms with Crippen LogP contribution in [0.5, 0.6) is 0 Å². The zero-order valence-electron chi connectivity index (χ0n) is 12.3. The molecule has 0 bridgehead atoms. The lowest BCUT2D eigenvalue weighted by molar-refractivity contribution is 0.144. The van der Waals surface area contributed by atoms with Crippen LogP contribution in [0.2, 0.25) is 0 Å². The van der Waals surface area contributed by atoms with Crippen LogP contribution in [0, 0.1) is 10.8 Å². The maximum absolute atomic E-state index is 9.13. The first-order valence-corrected chi connectivity index (χ1v) is 7.05. The summed E-state index contributed by atoms with van der Waals surface area (Å²) >= 11 is 0. The third kappa shape index (κ3) is 9.61. The first-order valence-electron chi connectivity index (χ1n) is 7.05. The van der Waals surface area contributed by atoms with Crippen LogP contribution in [-0.4, -0.2) is 23.4 Å². The average Bonchev–Trinajstić information content (AvgIpc) is 2.27. The highest BCUT2D eigenvalue weighted by Gasteiger charge is 2.16. The van der Waals surface area contributed by atoms with Gasteiger partial charge < -0.3 is 10.2 Å². The molecule has 0 aromatic rings. The first kappa shape index (κ1) is 16.9. The van der Waals surface area contributed by atoms with Gasteiger partial charge in [0.05, 0.1) is 0 Å². The van der Waals surface area contributed by atoms with Gasteiger partial charge in [0.2, 0.25) is 0 Å². The number of rotatable bonds is 10. The Labute approximate surface area is 107 Å². The van der Waals surface area contributed by atoms with Gasteiger partial charge in [-0.3, -0.25) is 0 Å². The van der Waals surface area contributed by atoms with Gasteiger partial charge in [0, 0.05) is 13.2 Å². The summed E-state index contributed by atoms with van der Waals surface area (Å²) in [6, 6.07) is 0. The summed E-state index contributed by atoms with van der Waals surface area (Å²) in [4.78, 5) is 0. The van der Waals surface area contributed by atoms with Gasteiger partial charge in [0.25, 0.3) is 0 Å². The Balaban J connectivity index is 3.36. The molecule has 0 saturated heterocycles. The molecule has 0 aliphatic rings. The molecule has 0 amide bonds. The monoisotopic (exact) mass is 244 g/mol. The Hall–Kier alpha value is -0.0800. The van der Waals surface area contributed by atoms with E-state index in [4.69, 9.17) is 10.2 Å². The number of aliphatic hydroxyl groups is 2. The molecule has 0 fully saturated rings. The zero-order chi connectivity index (χ0) is 13.4. The predicted molar refractivity (Wildman–Crippen MR) is 74.1 cm³/mol. The molecule has 0 aliphatic heterocycles. The Bertz CT molecular complexity index is 165.